The Kier molecular flexibility index (Phi) is 2.91. The molecule has 0 aromatic heterocycles. The number of benzene rings is 1. The molecule has 1 aromatic carbocycles. The summed E-state index contributed by atoms with van der Waals surface area (Å²) >= 11 is 5.87. The van der Waals surface area contributed by atoms with Crippen molar-refractivity contribution < 1.29 is 14.6 Å². The van der Waals surface area contributed by atoms with Gasteiger partial charge in [-0.25, -0.2) is 4.79 Å². The SMILES string of the molecule is CC1(C)COC(=O)N[C@@H]1c1ccc(O)c(Cl)c1. The van der Waals surface area contributed by atoms with Crippen LogP contribution in [-0.4, -0.2) is 17.8 Å². The highest BCUT2D eigenvalue weighted by Gasteiger charge is 2.37. The maximum absolute atomic E-state index is 11.3. The predicted molar refractivity (Wildman–Crippen MR) is 64.1 cm³/mol. The van der Waals surface area contributed by atoms with Gasteiger partial charge in [0.25, 0.3) is 0 Å². The molecule has 1 amide bonds. The Labute approximate surface area is 105 Å². The summed E-state index contributed by atoms with van der Waals surface area (Å²) in [5, 5.41) is 12.4. The van der Waals surface area contributed by atoms with Gasteiger partial charge in [-0.05, 0) is 17.7 Å². The first-order valence-corrected chi connectivity index (χ1v) is 5.70. The fourth-order valence-corrected chi connectivity index (χ4v) is 2.12. The van der Waals surface area contributed by atoms with E-state index >= 15 is 0 Å². The Hall–Kier alpha value is -1.42. The van der Waals surface area contributed by atoms with Crippen molar-refractivity contribution in [1.82, 2.24) is 5.32 Å². The average molecular weight is 256 g/mol. The van der Waals surface area contributed by atoms with Crippen LogP contribution in [0.5, 0.6) is 5.75 Å². The molecule has 1 fully saturated rings. The van der Waals surface area contributed by atoms with Crippen molar-refractivity contribution in [2.45, 2.75) is 19.9 Å². The Balaban J connectivity index is 2.36. The number of amides is 1. The molecule has 1 aliphatic heterocycles. The molecule has 4 nitrogen and oxygen atoms in total. The van der Waals surface area contributed by atoms with Gasteiger partial charge >= 0.3 is 6.09 Å². The van der Waals surface area contributed by atoms with Gasteiger partial charge in [-0.1, -0.05) is 31.5 Å². The Morgan fingerprint density at radius 3 is 2.88 bits per heavy atom. The van der Waals surface area contributed by atoms with Gasteiger partial charge in [-0.15, -0.1) is 0 Å². The number of nitrogens with one attached hydrogen (secondary N) is 1. The number of carbonyl (C=O) groups is 1. The van der Waals surface area contributed by atoms with Crippen LogP contribution in [0.1, 0.15) is 25.5 Å². The van der Waals surface area contributed by atoms with Crippen LogP contribution in [0.15, 0.2) is 18.2 Å². The third kappa shape index (κ3) is 2.31. The molecule has 0 unspecified atom stereocenters. The molecular weight excluding hydrogens is 242 g/mol. The lowest BCUT2D eigenvalue weighted by molar-refractivity contribution is 0.0387. The zero-order chi connectivity index (χ0) is 12.6. The van der Waals surface area contributed by atoms with Crippen LogP contribution < -0.4 is 5.32 Å². The van der Waals surface area contributed by atoms with Gasteiger partial charge in [-0.2, -0.15) is 0 Å². The molecule has 0 saturated carbocycles. The average Bonchev–Trinajstić information content (AvgIpc) is 2.26. The van der Waals surface area contributed by atoms with Crippen LogP contribution in [-0.2, 0) is 4.74 Å². The number of alkyl carbamates (subject to hydrolysis) is 1. The quantitative estimate of drug-likeness (QED) is 0.811. The van der Waals surface area contributed by atoms with E-state index in [1.807, 2.05) is 13.8 Å². The molecule has 1 aliphatic rings. The minimum absolute atomic E-state index is 0.0339. The van der Waals surface area contributed by atoms with E-state index in [0.717, 1.165) is 5.56 Å². The lowest BCUT2D eigenvalue weighted by atomic mass is 9.80. The Morgan fingerprint density at radius 2 is 2.24 bits per heavy atom. The topological polar surface area (TPSA) is 58.6 Å². The molecule has 1 atom stereocenters. The van der Waals surface area contributed by atoms with Crippen molar-refractivity contribution in [2.75, 3.05) is 6.61 Å². The smallest absolute Gasteiger partial charge is 0.407 e. The van der Waals surface area contributed by atoms with E-state index in [-0.39, 0.29) is 22.2 Å². The number of hydrogen-bond acceptors (Lipinski definition) is 3. The van der Waals surface area contributed by atoms with Crippen LogP contribution >= 0.6 is 11.6 Å². The van der Waals surface area contributed by atoms with Gasteiger partial charge in [-0.3, -0.25) is 0 Å². The summed E-state index contributed by atoms with van der Waals surface area (Å²) in [5.41, 5.74) is 0.628. The fourth-order valence-electron chi connectivity index (χ4n) is 1.93. The van der Waals surface area contributed by atoms with Crippen LogP contribution in [0.2, 0.25) is 5.02 Å². The number of ether oxygens (including phenoxy) is 1. The highest BCUT2D eigenvalue weighted by atomic mass is 35.5. The number of carbonyl (C=O) groups excluding carboxylic acids is 1. The number of hydrogen-bond donors (Lipinski definition) is 2. The first-order chi connectivity index (χ1) is 7.90. The second-order valence-electron chi connectivity index (χ2n) is 4.85. The summed E-state index contributed by atoms with van der Waals surface area (Å²) in [7, 11) is 0. The second kappa shape index (κ2) is 4.11. The molecule has 17 heavy (non-hydrogen) atoms. The van der Waals surface area contributed by atoms with E-state index in [0.29, 0.717) is 6.61 Å². The molecule has 0 spiro atoms. The summed E-state index contributed by atoms with van der Waals surface area (Å²) in [6.45, 7) is 4.34. The molecule has 1 heterocycles. The zero-order valence-electron chi connectivity index (χ0n) is 9.66. The van der Waals surface area contributed by atoms with E-state index in [4.69, 9.17) is 16.3 Å². The first kappa shape index (κ1) is 12.0. The largest absolute Gasteiger partial charge is 0.506 e. The maximum atomic E-state index is 11.3. The van der Waals surface area contributed by atoms with Gasteiger partial charge < -0.3 is 15.2 Å². The van der Waals surface area contributed by atoms with E-state index < -0.39 is 6.09 Å². The molecule has 0 radical (unpaired) electrons. The van der Waals surface area contributed by atoms with Gasteiger partial charge in [0.05, 0.1) is 11.1 Å². The molecule has 2 N–H and O–H groups in total. The monoisotopic (exact) mass is 255 g/mol. The maximum Gasteiger partial charge on any atom is 0.407 e. The summed E-state index contributed by atoms with van der Waals surface area (Å²) in [6, 6.07) is 4.76. The summed E-state index contributed by atoms with van der Waals surface area (Å²) < 4.78 is 4.97. The van der Waals surface area contributed by atoms with Crippen LogP contribution in [0, 0.1) is 5.41 Å². The van der Waals surface area contributed by atoms with Crippen LogP contribution in [0.4, 0.5) is 4.79 Å². The minimum Gasteiger partial charge on any atom is -0.506 e. The van der Waals surface area contributed by atoms with E-state index in [2.05, 4.69) is 5.32 Å². The van der Waals surface area contributed by atoms with Crippen molar-refractivity contribution >= 4 is 17.7 Å². The highest BCUT2D eigenvalue weighted by Crippen LogP contribution is 2.38. The molecule has 2 rings (SSSR count). The lowest BCUT2D eigenvalue weighted by Gasteiger charge is -2.38. The predicted octanol–water partition coefficient (Wildman–Crippen LogP) is 2.85. The third-order valence-electron chi connectivity index (χ3n) is 2.92. The van der Waals surface area contributed by atoms with Crippen LogP contribution in [0.25, 0.3) is 0 Å². The highest BCUT2D eigenvalue weighted by molar-refractivity contribution is 6.32. The van der Waals surface area contributed by atoms with E-state index in [9.17, 15) is 9.90 Å². The molecular formula is C12H14ClNO3. The third-order valence-corrected chi connectivity index (χ3v) is 3.23. The normalized spacial score (nSPS) is 22.8. The lowest BCUT2D eigenvalue weighted by Crippen LogP contribution is -2.46. The zero-order valence-corrected chi connectivity index (χ0v) is 10.4. The molecule has 0 bridgehead atoms. The van der Waals surface area contributed by atoms with Gasteiger partial charge in [0.2, 0.25) is 0 Å². The first-order valence-electron chi connectivity index (χ1n) is 5.32. The van der Waals surface area contributed by atoms with E-state index in [1.165, 1.54) is 6.07 Å². The molecule has 92 valence electrons. The standard InChI is InChI=1S/C12H14ClNO3/c1-12(2)6-17-11(16)14-10(12)7-3-4-9(15)8(13)5-7/h3-5,10,15H,6H2,1-2H3,(H,14,16)/t10-/m1/s1. The van der Waals surface area contributed by atoms with Crippen LogP contribution in [0.3, 0.4) is 0 Å². The summed E-state index contributed by atoms with van der Waals surface area (Å²) in [5.74, 6) is 0.0339. The molecule has 1 aromatic rings. The fraction of sp³-hybridized carbons (Fsp3) is 0.417. The van der Waals surface area contributed by atoms with Crippen molar-refractivity contribution in [1.29, 1.82) is 0 Å². The van der Waals surface area contributed by atoms with Gasteiger partial charge in [0, 0.05) is 5.41 Å². The number of rotatable bonds is 1. The number of cyclic esters (lactones) is 1. The Bertz CT molecular complexity index is 459. The summed E-state index contributed by atoms with van der Waals surface area (Å²) in [6.07, 6.45) is -0.432. The molecule has 5 heteroatoms. The van der Waals surface area contributed by atoms with Crippen molar-refractivity contribution in [2.24, 2.45) is 5.41 Å². The van der Waals surface area contributed by atoms with Crippen molar-refractivity contribution in [3.8, 4) is 5.75 Å². The van der Waals surface area contributed by atoms with Crippen molar-refractivity contribution in [3.05, 3.63) is 28.8 Å². The van der Waals surface area contributed by atoms with Crippen molar-refractivity contribution in [3.63, 3.8) is 0 Å². The summed E-state index contributed by atoms with van der Waals surface area (Å²) in [4.78, 5) is 11.3. The number of aromatic hydroxyl groups is 1. The minimum atomic E-state index is -0.432. The van der Waals surface area contributed by atoms with E-state index in [1.54, 1.807) is 12.1 Å². The molecule has 0 aliphatic carbocycles. The molecule has 1 saturated heterocycles. The van der Waals surface area contributed by atoms with Gasteiger partial charge in [0.15, 0.2) is 0 Å². The number of phenolic OH excluding ortho intramolecular Hbond substituents is 1. The van der Waals surface area contributed by atoms with Gasteiger partial charge in [0.1, 0.15) is 12.4 Å². The number of halogens is 1. The second-order valence-corrected chi connectivity index (χ2v) is 5.26. The Morgan fingerprint density at radius 1 is 1.53 bits per heavy atom. The number of phenols is 1.